The topological polar surface area (TPSA) is 75.6 Å². The van der Waals surface area contributed by atoms with Crippen molar-refractivity contribution in [3.63, 3.8) is 0 Å². The predicted molar refractivity (Wildman–Crippen MR) is 102 cm³/mol. The third-order valence-corrected chi connectivity index (χ3v) is 5.15. The van der Waals surface area contributed by atoms with Gasteiger partial charge in [0.2, 0.25) is 5.95 Å². The molecule has 0 saturated heterocycles. The first kappa shape index (κ1) is 15.3. The average molecular weight is 344 g/mol. The van der Waals surface area contributed by atoms with Crippen molar-refractivity contribution in [1.29, 1.82) is 0 Å². The molecule has 1 saturated carbocycles. The molecule has 2 N–H and O–H groups in total. The van der Waals surface area contributed by atoms with Crippen molar-refractivity contribution in [3.05, 3.63) is 43.0 Å². The Morgan fingerprint density at radius 1 is 0.923 bits per heavy atom. The monoisotopic (exact) mass is 344 g/mol. The highest BCUT2D eigenvalue weighted by Crippen LogP contribution is 2.41. The van der Waals surface area contributed by atoms with Crippen molar-refractivity contribution in [1.82, 2.24) is 19.9 Å². The van der Waals surface area contributed by atoms with Crippen molar-refractivity contribution in [2.24, 2.45) is 0 Å². The largest absolute Gasteiger partial charge is 0.351 e. The number of hydrogen-bond donors (Lipinski definition) is 2. The van der Waals surface area contributed by atoms with Gasteiger partial charge in [0.25, 0.3) is 0 Å². The molecule has 6 nitrogen and oxygen atoms in total. The van der Waals surface area contributed by atoms with E-state index in [1.807, 2.05) is 30.6 Å². The molecule has 3 aromatic rings. The number of nitrogens with one attached hydrogen (secondary N) is 2. The summed E-state index contributed by atoms with van der Waals surface area (Å²) in [6.07, 6.45) is 13.6. The summed E-state index contributed by atoms with van der Waals surface area (Å²) < 4.78 is 0. The molecule has 0 aromatic carbocycles. The summed E-state index contributed by atoms with van der Waals surface area (Å²) in [6, 6.07) is 6.44. The molecular weight excluding hydrogens is 324 g/mol. The fourth-order valence-corrected chi connectivity index (χ4v) is 3.84. The first-order chi connectivity index (χ1) is 12.9. The third-order valence-electron chi connectivity index (χ3n) is 5.15. The van der Waals surface area contributed by atoms with Gasteiger partial charge in [-0.25, -0.2) is 15.0 Å². The number of nitrogens with zero attached hydrogens (tertiary/aromatic N) is 4. The Balaban J connectivity index is 1.62. The predicted octanol–water partition coefficient (Wildman–Crippen LogP) is 4.40. The van der Waals surface area contributed by atoms with E-state index in [-0.39, 0.29) is 0 Å². The van der Waals surface area contributed by atoms with Crippen LogP contribution >= 0.6 is 0 Å². The normalized spacial score (nSPS) is 15.8. The number of aromatic nitrogens is 4. The SMILES string of the molecule is c1cnc2c(c1)-c1nc(NC3CCCCC3)ncc1-c1ccncc1N2. The Labute approximate surface area is 152 Å². The summed E-state index contributed by atoms with van der Waals surface area (Å²) in [4.78, 5) is 18.2. The molecule has 0 radical (unpaired) electrons. The van der Waals surface area contributed by atoms with Crippen LogP contribution in [0.4, 0.5) is 17.5 Å². The van der Waals surface area contributed by atoms with Crippen LogP contribution in [0.15, 0.2) is 43.0 Å². The number of fused-ring (bicyclic) bond motifs is 5. The summed E-state index contributed by atoms with van der Waals surface area (Å²) in [6.45, 7) is 0. The smallest absolute Gasteiger partial charge is 0.223 e. The fourth-order valence-electron chi connectivity index (χ4n) is 3.84. The Kier molecular flexibility index (Phi) is 3.74. The maximum atomic E-state index is 4.88. The van der Waals surface area contributed by atoms with Crippen LogP contribution in [0.2, 0.25) is 0 Å². The Morgan fingerprint density at radius 3 is 2.77 bits per heavy atom. The van der Waals surface area contributed by atoms with Gasteiger partial charge in [-0.1, -0.05) is 19.3 Å². The van der Waals surface area contributed by atoms with Crippen molar-refractivity contribution >= 4 is 17.5 Å². The van der Waals surface area contributed by atoms with Crippen LogP contribution in [-0.4, -0.2) is 26.0 Å². The van der Waals surface area contributed by atoms with Crippen LogP contribution in [0.25, 0.3) is 22.4 Å². The molecule has 0 atom stereocenters. The lowest BCUT2D eigenvalue weighted by atomic mass is 9.96. The maximum absolute atomic E-state index is 4.88. The second-order valence-electron chi connectivity index (χ2n) is 6.88. The molecule has 26 heavy (non-hydrogen) atoms. The lowest BCUT2D eigenvalue weighted by molar-refractivity contribution is 0.461. The summed E-state index contributed by atoms with van der Waals surface area (Å²) in [5, 5.41) is 6.92. The number of pyridine rings is 2. The van der Waals surface area contributed by atoms with Crippen LogP contribution in [0.5, 0.6) is 0 Å². The molecule has 3 aromatic heterocycles. The van der Waals surface area contributed by atoms with Crippen molar-refractivity contribution in [3.8, 4) is 22.4 Å². The van der Waals surface area contributed by atoms with Crippen LogP contribution in [0, 0.1) is 0 Å². The Hall–Kier alpha value is -3.02. The molecule has 2 aliphatic rings. The Bertz CT molecular complexity index is 949. The molecular formula is C20H20N6. The molecule has 0 amide bonds. The minimum absolute atomic E-state index is 0.468. The number of rotatable bonds is 2. The van der Waals surface area contributed by atoms with Crippen molar-refractivity contribution < 1.29 is 0 Å². The van der Waals surface area contributed by atoms with Gasteiger partial charge in [-0.2, -0.15) is 0 Å². The first-order valence-electron chi connectivity index (χ1n) is 9.19. The Morgan fingerprint density at radius 2 is 1.85 bits per heavy atom. The highest BCUT2D eigenvalue weighted by molar-refractivity contribution is 5.95. The second-order valence-corrected chi connectivity index (χ2v) is 6.88. The molecule has 0 spiro atoms. The molecule has 1 fully saturated rings. The van der Waals surface area contributed by atoms with Crippen LogP contribution in [-0.2, 0) is 0 Å². The van der Waals surface area contributed by atoms with E-state index >= 15 is 0 Å². The zero-order valence-electron chi connectivity index (χ0n) is 14.4. The standard InChI is InChI=1S/C20H20N6/c1-2-5-13(6-3-1)24-20-23-11-16-14-8-10-21-12-17(14)25-19-15(18(16)26-20)7-4-9-22-19/h4,7-13H,1-3,5-6H2,(H,22,25)(H,23,24,26). The molecule has 6 heteroatoms. The first-order valence-corrected chi connectivity index (χ1v) is 9.19. The molecule has 0 unspecified atom stereocenters. The number of anilines is 3. The van der Waals surface area contributed by atoms with Crippen LogP contribution in [0.3, 0.4) is 0 Å². The van der Waals surface area contributed by atoms with Gasteiger partial charge in [0.05, 0.1) is 17.6 Å². The van der Waals surface area contributed by atoms with E-state index in [0.29, 0.717) is 12.0 Å². The maximum Gasteiger partial charge on any atom is 0.223 e. The average Bonchev–Trinajstić information content (AvgIpc) is 2.83. The molecule has 4 heterocycles. The third kappa shape index (κ3) is 2.67. The van der Waals surface area contributed by atoms with E-state index < -0.39 is 0 Å². The highest BCUT2D eigenvalue weighted by atomic mass is 15.1. The fraction of sp³-hybridized carbons (Fsp3) is 0.300. The molecule has 1 aliphatic carbocycles. The van der Waals surface area contributed by atoms with Gasteiger partial charge >= 0.3 is 0 Å². The highest BCUT2D eigenvalue weighted by Gasteiger charge is 2.22. The summed E-state index contributed by atoms with van der Waals surface area (Å²) in [7, 11) is 0. The zero-order valence-corrected chi connectivity index (χ0v) is 14.4. The van der Waals surface area contributed by atoms with Gasteiger partial charge < -0.3 is 10.6 Å². The van der Waals surface area contributed by atoms with Gasteiger partial charge in [0, 0.05) is 41.3 Å². The lowest BCUT2D eigenvalue weighted by Crippen LogP contribution is -2.23. The second kappa shape index (κ2) is 6.37. The van der Waals surface area contributed by atoms with E-state index in [0.717, 1.165) is 33.9 Å². The minimum atomic E-state index is 0.468. The van der Waals surface area contributed by atoms with Crippen LogP contribution < -0.4 is 10.6 Å². The van der Waals surface area contributed by atoms with Gasteiger partial charge in [-0.3, -0.25) is 4.98 Å². The summed E-state index contributed by atoms with van der Waals surface area (Å²) >= 11 is 0. The van der Waals surface area contributed by atoms with Gasteiger partial charge in [0.1, 0.15) is 5.82 Å². The molecule has 130 valence electrons. The molecule has 5 rings (SSSR count). The van der Waals surface area contributed by atoms with E-state index in [1.54, 1.807) is 12.4 Å². The van der Waals surface area contributed by atoms with E-state index in [9.17, 15) is 0 Å². The van der Waals surface area contributed by atoms with E-state index in [4.69, 9.17) is 4.98 Å². The zero-order chi connectivity index (χ0) is 17.3. The molecule has 1 aliphatic heterocycles. The van der Waals surface area contributed by atoms with Gasteiger partial charge in [-0.15, -0.1) is 0 Å². The number of hydrogen-bond acceptors (Lipinski definition) is 6. The van der Waals surface area contributed by atoms with E-state index in [2.05, 4.69) is 25.6 Å². The van der Waals surface area contributed by atoms with Crippen molar-refractivity contribution in [2.75, 3.05) is 10.6 Å². The summed E-state index contributed by atoms with van der Waals surface area (Å²) in [5.41, 5.74) is 4.84. The quantitative estimate of drug-likeness (QED) is 0.561. The van der Waals surface area contributed by atoms with Gasteiger partial charge in [0.15, 0.2) is 0 Å². The van der Waals surface area contributed by atoms with Crippen LogP contribution in [0.1, 0.15) is 32.1 Å². The lowest BCUT2D eigenvalue weighted by Gasteiger charge is -2.23. The van der Waals surface area contributed by atoms with E-state index in [1.165, 1.54) is 32.1 Å². The minimum Gasteiger partial charge on any atom is -0.351 e. The summed E-state index contributed by atoms with van der Waals surface area (Å²) in [5.74, 6) is 1.49. The van der Waals surface area contributed by atoms with Crippen molar-refractivity contribution in [2.45, 2.75) is 38.1 Å². The molecule has 0 bridgehead atoms. The van der Waals surface area contributed by atoms with Gasteiger partial charge in [-0.05, 0) is 31.0 Å².